The normalized spacial score (nSPS) is 17.0. The molecule has 132 valence electrons. The van der Waals surface area contributed by atoms with Crippen molar-refractivity contribution in [2.75, 3.05) is 18.8 Å². The lowest BCUT2D eigenvalue weighted by Crippen LogP contribution is -2.55. The van der Waals surface area contributed by atoms with Crippen molar-refractivity contribution in [1.82, 2.24) is 25.1 Å². The van der Waals surface area contributed by atoms with Gasteiger partial charge in [-0.15, -0.1) is 0 Å². The Hall–Kier alpha value is -3.00. The number of likely N-dealkylation sites (tertiary alicyclic amines) is 1. The monoisotopic (exact) mass is 354 g/mol. The highest BCUT2D eigenvalue weighted by molar-refractivity contribution is 6.08. The number of rotatable bonds is 3. The number of nitrogens with one attached hydrogen (secondary N) is 2. The third kappa shape index (κ3) is 2.41. The van der Waals surface area contributed by atoms with Crippen molar-refractivity contribution in [3.8, 4) is 11.3 Å². The molecule has 0 amide bonds. The van der Waals surface area contributed by atoms with Crippen LogP contribution in [0.1, 0.15) is 5.69 Å². The molecule has 0 aliphatic carbocycles. The number of H-pyrrole nitrogens is 2. The fraction of sp³-hybridized carbons (Fsp3) is 0.222. The van der Waals surface area contributed by atoms with E-state index < -0.39 is 5.92 Å². The van der Waals surface area contributed by atoms with E-state index >= 15 is 0 Å². The van der Waals surface area contributed by atoms with Crippen LogP contribution < -0.4 is 5.73 Å². The summed E-state index contributed by atoms with van der Waals surface area (Å²) in [4.78, 5) is 9.55. The van der Waals surface area contributed by atoms with Gasteiger partial charge in [-0.2, -0.15) is 5.10 Å². The third-order valence-electron chi connectivity index (χ3n) is 4.77. The molecule has 4 aromatic rings. The Morgan fingerprint density at radius 1 is 1.15 bits per heavy atom. The van der Waals surface area contributed by atoms with Crippen molar-refractivity contribution < 1.29 is 8.78 Å². The number of pyridine rings is 1. The van der Waals surface area contributed by atoms with Gasteiger partial charge in [-0.1, -0.05) is 12.1 Å². The number of nitrogens with two attached hydrogens (primary N) is 1. The topological polar surface area (TPSA) is 86.6 Å². The Bertz CT molecular complexity index is 1110. The summed E-state index contributed by atoms with van der Waals surface area (Å²) in [5.41, 5.74) is 10.5. The Kier molecular flexibility index (Phi) is 3.08. The summed E-state index contributed by atoms with van der Waals surface area (Å²) in [5.74, 6) is -2.15. The Labute approximate surface area is 147 Å². The van der Waals surface area contributed by atoms with Gasteiger partial charge in [0.05, 0.1) is 29.8 Å². The number of aromatic amines is 2. The van der Waals surface area contributed by atoms with Crippen LogP contribution in [0.3, 0.4) is 0 Å². The Balaban J connectivity index is 1.56. The molecule has 3 aromatic heterocycles. The highest BCUT2D eigenvalue weighted by Crippen LogP contribution is 2.33. The van der Waals surface area contributed by atoms with Crippen LogP contribution in [-0.2, 0) is 6.54 Å². The van der Waals surface area contributed by atoms with Gasteiger partial charge in [0, 0.05) is 34.8 Å². The lowest BCUT2D eigenvalue weighted by Gasteiger charge is -2.38. The molecule has 0 unspecified atom stereocenters. The average Bonchev–Trinajstić information content (AvgIpc) is 3.22. The van der Waals surface area contributed by atoms with Crippen molar-refractivity contribution in [3.05, 3.63) is 42.2 Å². The smallest absolute Gasteiger partial charge is 0.272 e. The molecule has 0 saturated carbocycles. The summed E-state index contributed by atoms with van der Waals surface area (Å²) in [5, 5.41) is 8.65. The molecule has 6 nitrogen and oxygen atoms in total. The first kappa shape index (κ1) is 15.3. The first-order valence-corrected chi connectivity index (χ1v) is 8.29. The predicted molar refractivity (Wildman–Crippen MR) is 95.8 cm³/mol. The molecule has 26 heavy (non-hydrogen) atoms. The van der Waals surface area contributed by atoms with Crippen LogP contribution in [0.25, 0.3) is 33.1 Å². The number of hydrogen-bond acceptors (Lipinski definition) is 4. The highest BCUT2D eigenvalue weighted by atomic mass is 19.3. The molecule has 1 aliphatic rings. The minimum absolute atomic E-state index is 0.204. The van der Waals surface area contributed by atoms with Crippen molar-refractivity contribution in [2.24, 2.45) is 0 Å². The lowest BCUT2D eigenvalue weighted by atomic mass is 10.1. The van der Waals surface area contributed by atoms with Crippen LogP contribution in [0, 0.1) is 0 Å². The Morgan fingerprint density at radius 2 is 2.00 bits per heavy atom. The number of halogens is 2. The summed E-state index contributed by atoms with van der Waals surface area (Å²) in [7, 11) is 0. The van der Waals surface area contributed by atoms with Gasteiger partial charge in [0.15, 0.2) is 0 Å². The molecule has 1 aromatic carbocycles. The maximum absolute atomic E-state index is 13.0. The molecule has 0 radical (unpaired) electrons. The van der Waals surface area contributed by atoms with Gasteiger partial charge in [-0.05, 0) is 18.2 Å². The molecule has 0 bridgehead atoms. The standard InChI is InChI=1S/C18H16F2N6/c19-18(20)8-26(9-18)7-11-6-13-16(23-11)12-2-1-10(14-3-4-22-25-14)5-15(12)24-17(13)21/h1-6,23H,7-9H2,(H2,21,24)(H,22,25). The number of fused-ring (bicyclic) bond motifs is 3. The van der Waals surface area contributed by atoms with Crippen molar-refractivity contribution in [2.45, 2.75) is 12.5 Å². The zero-order chi connectivity index (χ0) is 17.9. The van der Waals surface area contributed by atoms with E-state index in [2.05, 4.69) is 20.2 Å². The fourth-order valence-corrected chi connectivity index (χ4v) is 3.58. The zero-order valence-corrected chi connectivity index (χ0v) is 13.8. The van der Waals surface area contributed by atoms with Crippen LogP contribution in [0.4, 0.5) is 14.6 Å². The number of nitrogen functional groups attached to an aromatic ring is 1. The summed E-state index contributed by atoms with van der Waals surface area (Å²) in [6, 6.07) is 9.71. The van der Waals surface area contributed by atoms with E-state index in [1.165, 1.54) is 0 Å². The van der Waals surface area contributed by atoms with Gasteiger partial charge in [0.1, 0.15) is 5.82 Å². The molecule has 0 atom stereocenters. The van der Waals surface area contributed by atoms with E-state index in [0.29, 0.717) is 12.4 Å². The van der Waals surface area contributed by atoms with Crippen LogP contribution in [0.2, 0.25) is 0 Å². The van der Waals surface area contributed by atoms with E-state index in [1.807, 2.05) is 30.3 Å². The number of benzene rings is 1. The molecule has 1 saturated heterocycles. The number of hydrogen-bond donors (Lipinski definition) is 3. The predicted octanol–water partition coefficient (Wildman–Crippen LogP) is 3.14. The zero-order valence-electron chi connectivity index (χ0n) is 13.8. The number of aromatic nitrogens is 4. The SMILES string of the molecule is Nc1nc2cc(-c3ccn[nH]3)ccc2c2[nH]c(CN3CC(F)(F)C3)cc12. The molecule has 0 spiro atoms. The highest BCUT2D eigenvalue weighted by Gasteiger charge is 2.43. The molecule has 1 fully saturated rings. The maximum Gasteiger partial charge on any atom is 0.272 e. The van der Waals surface area contributed by atoms with E-state index in [1.54, 1.807) is 11.1 Å². The van der Waals surface area contributed by atoms with Gasteiger partial charge in [-0.25, -0.2) is 13.8 Å². The van der Waals surface area contributed by atoms with Crippen LogP contribution in [-0.4, -0.2) is 44.1 Å². The van der Waals surface area contributed by atoms with Gasteiger partial charge >= 0.3 is 0 Å². The average molecular weight is 354 g/mol. The minimum Gasteiger partial charge on any atom is -0.383 e. The lowest BCUT2D eigenvalue weighted by molar-refractivity contribution is -0.134. The van der Waals surface area contributed by atoms with Crippen LogP contribution in [0.15, 0.2) is 36.5 Å². The van der Waals surface area contributed by atoms with Crippen molar-refractivity contribution in [3.63, 3.8) is 0 Å². The van der Waals surface area contributed by atoms with E-state index in [4.69, 9.17) is 5.73 Å². The minimum atomic E-state index is -2.57. The van der Waals surface area contributed by atoms with Gasteiger partial charge in [-0.3, -0.25) is 10.00 Å². The van der Waals surface area contributed by atoms with Gasteiger partial charge in [0.2, 0.25) is 0 Å². The number of alkyl halides is 2. The second kappa shape index (κ2) is 5.25. The van der Waals surface area contributed by atoms with E-state index in [-0.39, 0.29) is 13.1 Å². The number of anilines is 1. The van der Waals surface area contributed by atoms with Gasteiger partial charge < -0.3 is 10.7 Å². The van der Waals surface area contributed by atoms with E-state index in [0.717, 1.165) is 38.8 Å². The summed E-state index contributed by atoms with van der Waals surface area (Å²) in [6.07, 6.45) is 1.70. The van der Waals surface area contributed by atoms with E-state index in [9.17, 15) is 8.78 Å². The second-order valence-corrected chi connectivity index (χ2v) is 6.78. The molecule has 4 N–H and O–H groups in total. The third-order valence-corrected chi connectivity index (χ3v) is 4.77. The summed E-state index contributed by atoms with van der Waals surface area (Å²) >= 11 is 0. The quantitative estimate of drug-likeness (QED) is 0.527. The summed E-state index contributed by atoms with van der Waals surface area (Å²) in [6.45, 7) is 0.0339. The largest absolute Gasteiger partial charge is 0.383 e. The molecule has 5 rings (SSSR count). The summed E-state index contributed by atoms with van der Waals surface area (Å²) < 4.78 is 26.1. The van der Waals surface area contributed by atoms with Crippen LogP contribution >= 0.6 is 0 Å². The molecule has 1 aliphatic heterocycles. The second-order valence-electron chi connectivity index (χ2n) is 6.78. The van der Waals surface area contributed by atoms with Crippen LogP contribution in [0.5, 0.6) is 0 Å². The van der Waals surface area contributed by atoms with Gasteiger partial charge in [0.25, 0.3) is 5.92 Å². The first-order valence-electron chi connectivity index (χ1n) is 8.29. The maximum atomic E-state index is 13.0. The molecular formula is C18H16F2N6. The first-order chi connectivity index (χ1) is 12.5. The van der Waals surface area contributed by atoms with Crippen molar-refractivity contribution in [1.29, 1.82) is 0 Å². The molecular weight excluding hydrogens is 338 g/mol. The fourth-order valence-electron chi connectivity index (χ4n) is 3.58. The Morgan fingerprint density at radius 3 is 2.73 bits per heavy atom. The van der Waals surface area contributed by atoms with Crippen molar-refractivity contribution >= 4 is 27.6 Å². The molecule has 8 heteroatoms. The molecule has 4 heterocycles. The number of nitrogens with zero attached hydrogens (tertiary/aromatic N) is 3.